The van der Waals surface area contributed by atoms with Crippen LogP contribution in [0, 0.1) is 5.41 Å². The molecule has 0 saturated carbocycles. The number of rotatable bonds is 1. The van der Waals surface area contributed by atoms with Crippen LogP contribution >= 0.6 is 0 Å². The smallest absolute Gasteiger partial charge is 0.150 e. The molecule has 3 rings (SSSR count). The molecule has 0 aliphatic carbocycles. The van der Waals surface area contributed by atoms with E-state index in [4.69, 9.17) is 4.74 Å². The molecule has 3 heterocycles. The Bertz CT molecular complexity index is 443. The molecule has 0 spiro atoms. The van der Waals surface area contributed by atoms with E-state index in [0.29, 0.717) is 5.92 Å². The summed E-state index contributed by atoms with van der Waals surface area (Å²) in [4.78, 5) is 0. The van der Waals surface area contributed by atoms with Crippen LogP contribution in [0.1, 0.15) is 57.2 Å². The molecule has 1 aromatic rings. The van der Waals surface area contributed by atoms with E-state index in [0.717, 1.165) is 44.4 Å². The molecule has 2 unspecified atom stereocenters. The van der Waals surface area contributed by atoms with Crippen molar-refractivity contribution in [3.8, 4) is 0 Å². The number of ether oxygens (including phenoxy) is 1. The van der Waals surface area contributed by atoms with Gasteiger partial charge in [0, 0.05) is 25.6 Å². The van der Waals surface area contributed by atoms with Crippen LogP contribution in [0.25, 0.3) is 0 Å². The maximum atomic E-state index is 5.59. The predicted octanol–water partition coefficient (Wildman–Crippen LogP) is 1.86. The van der Waals surface area contributed by atoms with Gasteiger partial charge in [0.15, 0.2) is 5.82 Å². The van der Waals surface area contributed by atoms with Gasteiger partial charge in [-0.3, -0.25) is 0 Å². The van der Waals surface area contributed by atoms with Crippen LogP contribution in [0.15, 0.2) is 0 Å². The van der Waals surface area contributed by atoms with E-state index in [1.165, 1.54) is 6.42 Å². The van der Waals surface area contributed by atoms with Crippen LogP contribution in [-0.2, 0) is 11.3 Å². The maximum Gasteiger partial charge on any atom is 0.150 e. The number of hydrogen-bond acceptors (Lipinski definition) is 4. The Morgan fingerprint density at radius 3 is 2.74 bits per heavy atom. The molecule has 1 saturated heterocycles. The van der Waals surface area contributed by atoms with Gasteiger partial charge in [0.1, 0.15) is 5.82 Å². The van der Waals surface area contributed by atoms with Gasteiger partial charge in [-0.15, -0.1) is 10.2 Å². The zero-order chi connectivity index (χ0) is 13.5. The van der Waals surface area contributed by atoms with E-state index in [9.17, 15) is 0 Å². The van der Waals surface area contributed by atoms with E-state index in [-0.39, 0.29) is 11.5 Å². The van der Waals surface area contributed by atoms with Gasteiger partial charge in [0.25, 0.3) is 0 Å². The normalized spacial score (nSPS) is 28.2. The Morgan fingerprint density at radius 1 is 1.26 bits per heavy atom. The van der Waals surface area contributed by atoms with Crippen LogP contribution in [0.3, 0.4) is 0 Å². The Hall–Kier alpha value is -0.940. The monoisotopic (exact) mass is 264 g/mol. The van der Waals surface area contributed by atoms with Crippen molar-refractivity contribution in [2.75, 3.05) is 19.8 Å². The Kier molecular flexibility index (Phi) is 3.35. The summed E-state index contributed by atoms with van der Waals surface area (Å²) in [5.41, 5.74) is 0.158. The number of nitrogens with one attached hydrogen (secondary N) is 1. The summed E-state index contributed by atoms with van der Waals surface area (Å²) in [7, 11) is 0. The van der Waals surface area contributed by atoms with Crippen molar-refractivity contribution in [1.29, 1.82) is 0 Å². The van der Waals surface area contributed by atoms with Gasteiger partial charge >= 0.3 is 0 Å². The van der Waals surface area contributed by atoms with Gasteiger partial charge in [0.2, 0.25) is 0 Å². The molecule has 0 amide bonds. The lowest BCUT2D eigenvalue weighted by atomic mass is 9.85. The molecule has 0 bridgehead atoms. The second kappa shape index (κ2) is 4.87. The van der Waals surface area contributed by atoms with Crippen LogP contribution in [0.5, 0.6) is 0 Å². The highest BCUT2D eigenvalue weighted by Crippen LogP contribution is 2.35. The van der Waals surface area contributed by atoms with Crippen molar-refractivity contribution >= 4 is 0 Å². The average molecular weight is 264 g/mol. The van der Waals surface area contributed by atoms with E-state index in [1.54, 1.807) is 0 Å². The molecule has 1 aromatic heterocycles. The number of hydrogen-bond donors (Lipinski definition) is 1. The summed E-state index contributed by atoms with van der Waals surface area (Å²) in [6.45, 7) is 10.4. The fourth-order valence-electron chi connectivity index (χ4n) is 3.12. The molecule has 5 heteroatoms. The fraction of sp³-hybridized carbons (Fsp3) is 0.857. The third-order valence-electron chi connectivity index (χ3n) is 4.14. The largest absolute Gasteiger partial charge is 0.381 e. The van der Waals surface area contributed by atoms with Crippen molar-refractivity contribution in [2.45, 2.75) is 52.1 Å². The predicted molar refractivity (Wildman–Crippen MR) is 73.0 cm³/mol. The van der Waals surface area contributed by atoms with Gasteiger partial charge in [-0.25, -0.2) is 0 Å². The van der Waals surface area contributed by atoms with Gasteiger partial charge in [-0.1, -0.05) is 20.8 Å². The zero-order valence-corrected chi connectivity index (χ0v) is 12.1. The average Bonchev–Trinajstić information content (AvgIpc) is 2.82. The van der Waals surface area contributed by atoms with Gasteiger partial charge in [-0.2, -0.15) is 0 Å². The topological polar surface area (TPSA) is 52.0 Å². The molecule has 2 atom stereocenters. The van der Waals surface area contributed by atoms with Gasteiger partial charge in [0.05, 0.1) is 12.6 Å². The lowest BCUT2D eigenvalue weighted by Crippen LogP contribution is -2.41. The lowest BCUT2D eigenvalue weighted by molar-refractivity contribution is 0.0764. The molecule has 5 nitrogen and oxygen atoms in total. The van der Waals surface area contributed by atoms with Crippen molar-refractivity contribution < 1.29 is 4.74 Å². The molecule has 0 aromatic carbocycles. The van der Waals surface area contributed by atoms with Crippen LogP contribution < -0.4 is 5.32 Å². The van der Waals surface area contributed by atoms with Crippen LogP contribution in [-0.4, -0.2) is 34.5 Å². The summed E-state index contributed by atoms with van der Waals surface area (Å²) in [6, 6.07) is 0.284. The van der Waals surface area contributed by atoms with E-state index in [2.05, 4.69) is 40.9 Å². The summed E-state index contributed by atoms with van der Waals surface area (Å²) < 4.78 is 7.92. The standard InChI is InChI=1S/C14H24N4O/c1-14(2,3)11-13-17-16-12(18(13)7-6-15-11)10-5-4-8-19-9-10/h10-11,15H,4-9H2,1-3H3. The summed E-state index contributed by atoms with van der Waals surface area (Å²) in [5.74, 6) is 2.65. The molecular formula is C14H24N4O. The van der Waals surface area contributed by atoms with Crippen LogP contribution in [0.4, 0.5) is 0 Å². The Morgan fingerprint density at radius 2 is 2.05 bits per heavy atom. The highest BCUT2D eigenvalue weighted by atomic mass is 16.5. The molecule has 106 valence electrons. The summed E-state index contributed by atoms with van der Waals surface area (Å²) >= 11 is 0. The van der Waals surface area contributed by atoms with E-state index < -0.39 is 0 Å². The van der Waals surface area contributed by atoms with Crippen molar-refractivity contribution in [3.63, 3.8) is 0 Å². The first kappa shape index (κ1) is 13.1. The molecule has 2 aliphatic rings. The first-order valence-electron chi connectivity index (χ1n) is 7.31. The zero-order valence-electron chi connectivity index (χ0n) is 12.1. The minimum Gasteiger partial charge on any atom is -0.381 e. The van der Waals surface area contributed by atoms with Gasteiger partial charge in [-0.05, 0) is 18.3 Å². The fourth-order valence-corrected chi connectivity index (χ4v) is 3.12. The lowest BCUT2D eigenvalue weighted by Gasteiger charge is -2.35. The third kappa shape index (κ3) is 2.41. The number of fused-ring (bicyclic) bond motifs is 1. The Balaban J connectivity index is 1.91. The van der Waals surface area contributed by atoms with Crippen molar-refractivity contribution in [3.05, 3.63) is 11.6 Å². The van der Waals surface area contributed by atoms with E-state index in [1.807, 2.05) is 0 Å². The molecule has 2 aliphatic heterocycles. The first-order valence-corrected chi connectivity index (χ1v) is 7.31. The van der Waals surface area contributed by atoms with Gasteiger partial charge < -0.3 is 14.6 Å². The highest BCUT2D eigenvalue weighted by molar-refractivity contribution is 5.11. The third-order valence-corrected chi connectivity index (χ3v) is 4.14. The second-order valence-corrected chi connectivity index (χ2v) is 6.74. The number of aromatic nitrogens is 3. The molecule has 19 heavy (non-hydrogen) atoms. The summed E-state index contributed by atoms with van der Waals surface area (Å²) in [5, 5.41) is 12.5. The summed E-state index contributed by atoms with van der Waals surface area (Å²) in [6.07, 6.45) is 2.31. The minimum atomic E-state index is 0.158. The second-order valence-electron chi connectivity index (χ2n) is 6.74. The molecule has 1 N–H and O–H groups in total. The first-order chi connectivity index (χ1) is 9.07. The maximum absolute atomic E-state index is 5.59. The minimum absolute atomic E-state index is 0.158. The van der Waals surface area contributed by atoms with Crippen molar-refractivity contribution in [1.82, 2.24) is 20.1 Å². The molecule has 1 fully saturated rings. The van der Waals surface area contributed by atoms with Crippen LogP contribution in [0.2, 0.25) is 0 Å². The quantitative estimate of drug-likeness (QED) is 0.841. The van der Waals surface area contributed by atoms with Crippen molar-refractivity contribution in [2.24, 2.45) is 5.41 Å². The molecular weight excluding hydrogens is 240 g/mol. The van der Waals surface area contributed by atoms with E-state index >= 15 is 0 Å². The Labute approximate surface area is 114 Å². The highest BCUT2D eigenvalue weighted by Gasteiger charge is 2.35. The SMILES string of the molecule is CC(C)(C)C1NCCn2c(C3CCCOC3)nnc21. The molecule has 0 radical (unpaired) electrons. The number of nitrogens with zero attached hydrogens (tertiary/aromatic N) is 3.